The van der Waals surface area contributed by atoms with E-state index in [0.717, 1.165) is 13.1 Å². The Morgan fingerprint density at radius 2 is 1.68 bits per heavy atom. The molecule has 31 heavy (non-hydrogen) atoms. The number of Topliss-reactive ketones (excluding diaryl/α,β-unsaturated/α-hetero) is 1. The number of carbonyl (C=O) groups excluding carboxylic acids is 1. The molecule has 8 nitrogen and oxygen atoms in total. The van der Waals surface area contributed by atoms with E-state index in [9.17, 15) is 17.8 Å². The number of ketones is 1. The van der Waals surface area contributed by atoms with Crippen LogP contribution >= 0.6 is 21.6 Å². The molecule has 0 aliphatic carbocycles. The number of carbonyl (C=O) groups is 1. The molecule has 0 heterocycles. The van der Waals surface area contributed by atoms with E-state index in [2.05, 4.69) is 32.6 Å². The number of rotatable bonds is 20. The summed E-state index contributed by atoms with van der Waals surface area (Å²) in [5.41, 5.74) is 0. The van der Waals surface area contributed by atoms with E-state index >= 15 is 0 Å². The largest absolute Gasteiger partial charge is 0.382 e. The van der Waals surface area contributed by atoms with Crippen molar-refractivity contribution in [3.63, 3.8) is 0 Å². The quantitative estimate of drug-likeness (QED) is 0.151. The van der Waals surface area contributed by atoms with Crippen molar-refractivity contribution < 1.29 is 32.0 Å². The fraction of sp³-hybridized carbons (Fsp3) is 0.950. The zero-order valence-electron chi connectivity index (χ0n) is 19.8. The maximum Gasteiger partial charge on any atom is 0.275 e. The lowest BCUT2D eigenvalue weighted by Crippen LogP contribution is -2.42. The number of hydrogen-bond acceptors (Lipinski definition) is 9. The van der Waals surface area contributed by atoms with Gasteiger partial charge in [0.2, 0.25) is 0 Å². The van der Waals surface area contributed by atoms with Crippen molar-refractivity contribution in [3.8, 4) is 0 Å². The van der Waals surface area contributed by atoms with Crippen LogP contribution in [0.2, 0.25) is 0 Å². The SMILES string of the molecule is CCC(=O)C(CCSSC(C)(C)CN(CCOCCOCCOC)C(C)C)S(=O)(=O)O. The van der Waals surface area contributed by atoms with Gasteiger partial charge in [0.25, 0.3) is 10.1 Å². The molecule has 0 aliphatic heterocycles. The minimum absolute atomic E-state index is 0.0828. The van der Waals surface area contributed by atoms with E-state index in [4.69, 9.17) is 14.2 Å². The van der Waals surface area contributed by atoms with Crippen molar-refractivity contribution in [1.29, 1.82) is 0 Å². The summed E-state index contributed by atoms with van der Waals surface area (Å²) < 4.78 is 48.1. The Kier molecular flexibility index (Phi) is 16.8. The molecular formula is C20H41NO7S3. The predicted molar refractivity (Wildman–Crippen MR) is 130 cm³/mol. The van der Waals surface area contributed by atoms with Crippen molar-refractivity contribution >= 4 is 37.5 Å². The first kappa shape index (κ1) is 31.1. The monoisotopic (exact) mass is 503 g/mol. The summed E-state index contributed by atoms with van der Waals surface area (Å²) >= 11 is 0. The average molecular weight is 504 g/mol. The van der Waals surface area contributed by atoms with Gasteiger partial charge in [0.05, 0.1) is 33.0 Å². The molecule has 1 unspecified atom stereocenters. The van der Waals surface area contributed by atoms with E-state index in [0.29, 0.717) is 44.8 Å². The summed E-state index contributed by atoms with van der Waals surface area (Å²) in [7, 11) is 0.485. The third kappa shape index (κ3) is 15.6. The van der Waals surface area contributed by atoms with Crippen LogP contribution in [0.25, 0.3) is 0 Å². The predicted octanol–water partition coefficient (Wildman–Crippen LogP) is 3.16. The molecule has 0 aromatic heterocycles. The van der Waals surface area contributed by atoms with E-state index < -0.39 is 21.2 Å². The number of methoxy groups -OCH3 is 1. The molecule has 0 radical (unpaired) electrons. The lowest BCUT2D eigenvalue weighted by molar-refractivity contribution is -0.118. The summed E-state index contributed by atoms with van der Waals surface area (Å²) in [6.07, 6.45) is 0.214. The maximum absolute atomic E-state index is 11.8. The molecular weight excluding hydrogens is 462 g/mol. The Labute approximate surface area is 196 Å². The highest BCUT2D eigenvalue weighted by Crippen LogP contribution is 2.37. The lowest BCUT2D eigenvalue weighted by Gasteiger charge is -2.34. The normalized spacial score (nSPS) is 13.8. The third-order valence-electron chi connectivity index (χ3n) is 4.46. The van der Waals surface area contributed by atoms with Crippen molar-refractivity contribution in [2.24, 2.45) is 0 Å². The van der Waals surface area contributed by atoms with Gasteiger partial charge in [-0.25, -0.2) is 0 Å². The van der Waals surface area contributed by atoms with E-state index in [1.54, 1.807) is 24.8 Å². The Hall–Kier alpha value is 0.120. The first-order valence-corrected chi connectivity index (χ1v) is 14.4. The summed E-state index contributed by atoms with van der Waals surface area (Å²) in [6, 6.07) is 0.359. The van der Waals surface area contributed by atoms with Gasteiger partial charge < -0.3 is 14.2 Å². The standard InChI is InChI=1S/C20H41NO7S3/c1-7-18(22)19(31(23,24)25)8-15-29-30-20(4,5)16-21(17(2)3)9-10-27-13-14-28-12-11-26-6/h17,19H,7-16H2,1-6H3,(H,23,24,25). The molecule has 0 spiro atoms. The molecule has 0 aromatic carbocycles. The molecule has 0 saturated heterocycles. The fourth-order valence-corrected chi connectivity index (χ4v) is 6.41. The number of nitrogens with zero attached hydrogens (tertiary/aromatic N) is 1. The molecule has 0 aromatic rings. The summed E-state index contributed by atoms with van der Waals surface area (Å²) in [5, 5.41) is -1.32. The van der Waals surface area contributed by atoms with E-state index in [1.165, 1.54) is 10.8 Å². The van der Waals surface area contributed by atoms with Crippen LogP contribution in [0.5, 0.6) is 0 Å². The lowest BCUT2D eigenvalue weighted by atomic mass is 10.1. The van der Waals surface area contributed by atoms with Gasteiger partial charge >= 0.3 is 0 Å². The number of ether oxygens (including phenoxy) is 3. The second-order valence-electron chi connectivity index (χ2n) is 8.06. The fourth-order valence-electron chi connectivity index (χ4n) is 2.74. The molecule has 0 fully saturated rings. The average Bonchev–Trinajstić information content (AvgIpc) is 2.67. The van der Waals surface area contributed by atoms with E-state index in [1.807, 2.05) is 0 Å². The highest BCUT2D eigenvalue weighted by molar-refractivity contribution is 8.77. The van der Waals surface area contributed by atoms with Gasteiger partial charge in [-0.2, -0.15) is 8.42 Å². The van der Waals surface area contributed by atoms with Crippen LogP contribution < -0.4 is 0 Å². The minimum atomic E-state index is -4.35. The van der Waals surface area contributed by atoms with Crippen LogP contribution in [0.4, 0.5) is 0 Å². The third-order valence-corrected chi connectivity index (χ3v) is 8.98. The van der Waals surface area contributed by atoms with Crippen LogP contribution in [-0.4, -0.2) is 98.7 Å². The van der Waals surface area contributed by atoms with Gasteiger partial charge in [0.15, 0.2) is 5.78 Å². The van der Waals surface area contributed by atoms with Gasteiger partial charge in [-0.05, 0) is 34.1 Å². The van der Waals surface area contributed by atoms with Gasteiger partial charge in [0.1, 0.15) is 5.25 Å². The Balaban J connectivity index is 4.34. The topological polar surface area (TPSA) is 102 Å². The molecule has 1 N–H and O–H groups in total. The molecule has 0 amide bonds. The molecule has 0 aliphatic rings. The zero-order chi connectivity index (χ0) is 23.9. The Morgan fingerprint density at radius 3 is 2.19 bits per heavy atom. The smallest absolute Gasteiger partial charge is 0.275 e. The Bertz CT molecular complexity index is 585. The molecule has 0 saturated carbocycles. The minimum Gasteiger partial charge on any atom is -0.382 e. The first-order chi connectivity index (χ1) is 14.4. The summed E-state index contributed by atoms with van der Waals surface area (Å²) in [5.74, 6) is 0.0282. The molecule has 1 atom stereocenters. The second-order valence-corrected chi connectivity index (χ2v) is 12.8. The molecule has 0 rings (SSSR count). The summed E-state index contributed by atoms with van der Waals surface area (Å²) in [6.45, 7) is 14.7. The highest BCUT2D eigenvalue weighted by Gasteiger charge is 2.30. The zero-order valence-corrected chi connectivity index (χ0v) is 22.2. The summed E-state index contributed by atoms with van der Waals surface area (Å²) in [4.78, 5) is 14.1. The number of hydrogen-bond donors (Lipinski definition) is 1. The van der Waals surface area contributed by atoms with Gasteiger partial charge in [0, 0.05) is 43.2 Å². The van der Waals surface area contributed by atoms with Crippen LogP contribution in [0.3, 0.4) is 0 Å². The van der Waals surface area contributed by atoms with Gasteiger partial charge in [-0.15, -0.1) is 0 Å². The van der Waals surface area contributed by atoms with E-state index in [-0.39, 0.29) is 17.6 Å². The second kappa shape index (κ2) is 16.7. The van der Waals surface area contributed by atoms with Gasteiger partial charge in [-0.1, -0.05) is 28.5 Å². The van der Waals surface area contributed by atoms with Crippen LogP contribution in [0, 0.1) is 0 Å². The Morgan fingerprint density at radius 1 is 1.10 bits per heavy atom. The molecule has 11 heteroatoms. The van der Waals surface area contributed by atoms with Crippen molar-refractivity contribution in [3.05, 3.63) is 0 Å². The van der Waals surface area contributed by atoms with Crippen LogP contribution in [0.1, 0.15) is 47.5 Å². The van der Waals surface area contributed by atoms with Crippen molar-refractivity contribution in [2.75, 3.05) is 59.0 Å². The van der Waals surface area contributed by atoms with Gasteiger partial charge in [-0.3, -0.25) is 14.2 Å². The van der Waals surface area contributed by atoms with Crippen molar-refractivity contribution in [2.45, 2.75) is 63.5 Å². The molecule has 186 valence electrons. The maximum atomic E-state index is 11.8. The van der Waals surface area contributed by atoms with Crippen molar-refractivity contribution in [1.82, 2.24) is 4.90 Å². The van der Waals surface area contributed by atoms with Crippen LogP contribution in [-0.2, 0) is 29.1 Å². The van der Waals surface area contributed by atoms with Crippen LogP contribution in [0.15, 0.2) is 0 Å². The molecule has 0 bridgehead atoms. The highest BCUT2D eigenvalue weighted by atomic mass is 33.1. The first-order valence-electron chi connectivity index (χ1n) is 10.6.